The van der Waals surface area contributed by atoms with Crippen LogP contribution in [0.4, 0.5) is 5.69 Å². The summed E-state index contributed by atoms with van der Waals surface area (Å²) in [7, 11) is 0. The van der Waals surface area contributed by atoms with Crippen LogP contribution in [0, 0.1) is 18.3 Å². The zero-order valence-corrected chi connectivity index (χ0v) is 14.2. The van der Waals surface area contributed by atoms with E-state index in [1.807, 2.05) is 37.3 Å². The summed E-state index contributed by atoms with van der Waals surface area (Å²) in [6, 6.07) is 16.6. The molecule has 1 heterocycles. The summed E-state index contributed by atoms with van der Waals surface area (Å²) in [4.78, 5) is 12.1. The topological polar surface area (TPSA) is 91.8 Å². The molecule has 1 amide bonds. The van der Waals surface area contributed by atoms with Crippen LogP contribution < -0.4 is 5.32 Å². The Morgan fingerprint density at radius 2 is 1.96 bits per heavy atom. The monoisotopic (exact) mass is 350 g/mol. The van der Waals surface area contributed by atoms with E-state index < -0.39 is 0 Å². The zero-order chi connectivity index (χ0) is 17.6. The summed E-state index contributed by atoms with van der Waals surface area (Å²) in [6.45, 7) is 1.96. The second-order valence-corrected chi connectivity index (χ2v) is 6.11. The van der Waals surface area contributed by atoms with Crippen LogP contribution in [-0.2, 0) is 4.79 Å². The fraction of sp³-hybridized carbons (Fsp3) is 0.111. The summed E-state index contributed by atoms with van der Waals surface area (Å²) in [5, 5.41) is 20.0. The van der Waals surface area contributed by atoms with Crippen molar-refractivity contribution in [2.75, 3.05) is 11.1 Å². The first-order valence-corrected chi connectivity index (χ1v) is 8.47. The van der Waals surface area contributed by atoms with Crippen LogP contribution in [0.2, 0.25) is 0 Å². The molecule has 1 N–H and O–H groups in total. The van der Waals surface area contributed by atoms with Crippen LogP contribution in [-0.4, -0.2) is 21.9 Å². The lowest BCUT2D eigenvalue weighted by atomic mass is 10.1. The minimum absolute atomic E-state index is 0.106. The molecule has 6 nitrogen and oxygen atoms in total. The number of aromatic nitrogens is 2. The van der Waals surface area contributed by atoms with Crippen LogP contribution in [0.1, 0.15) is 11.1 Å². The molecule has 0 saturated carbocycles. The van der Waals surface area contributed by atoms with Gasteiger partial charge in [0.1, 0.15) is 6.07 Å². The van der Waals surface area contributed by atoms with Crippen molar-refractivity contribution in [3.8, 4) is 17.5 Å². The van der Waals surface area contributed by atoms with Crippen molar-refractivity contribution in [1.82, 2.24) is 10.2 Å². The first-order chi connectivity index (χ1) is 12.2. The Kier molecular flexibility index (Phi) is 5.11. The van der Waals surface area contributed by atoms with Gasteiger partial charge in [0, 0.05) is 5.56 Å². The minimum Gasteiger partial charge on any atom is -0.411 e. The third-order valence-electron chi connectivity index (χ3n) is 3.43. The van der Waals surface area contributed by atoms with Gasteiger partial charge >= 0.3 is 0 Å². The van der Waals surface area contributed by atoms with Crippen molar-refractivity contribution in [1.29, 1.82) is 5.26 Å². The Hall–Kier alpha value is -3.11. The standard InChI is InChI=1S/C18H14N4O2S/c1-12-6-2-4-8-14(12)17-21-22-18(24-17)25-11-16(23)20-15-9-5-3-7-13(15)10-19/h2-9H,11H2,1H3,(H,20,23). The fourth-order valence-corrected chi connectivity index (χ4v) is 2.76. The third kappa shape index (κ3) is 4.05. The van der Waals surface area contributed by atoms with E-state index >= 15 is 0 Å². The number of carbonyl (C=O) groups excluding carboxylic acids is 1. The lowest BCUT2D eigenvalue weighted by Gasteiger charge is -2.05. The number of rotatable bonds is 5. The number of nitrogens with zero attached hydrogens (tertiary/aromatic N) is 3. The molecular formula is C18H14N4O2S. The fourth-order valence-electron chi connectivity index (χ4n) is 2.19. The van der Waals surface area contributed by atoms with E-state index in [-0.39, 0.29) is 11.7 Å². The Bertz CT molecular complexity index is 946. The number of carbonyl (C=O) groups is 1. The number of aryl methyl sites for hydroxylation is 1. The molecule has 0 bridgehead atoms. The van der Waals surface area contributed by atoms with E-state index in [1.165, 1.54) is 0 Å². The van der Waals surface area contributed by atoms with Gasteiger partial charge in [-0.05, 0) is 30.7 Å². The molecule has 0 aliphatic heterocycles. The molecule has 0 aliphatic rings. The van der Waals surface area contributed by atoms with Gasteiger partial charge in [0.2, 0.25) is 11.8 Å². The van der Waals surface area contributed by atoms with Gasteiger partial charge in [-0.2, -0.15) is 5.26 Å². The number of amides is 1. The molecule has 3 aromatic rings. The second-order valence-electron chi connectivity index (χ2n) is 5.18. The van der Waals surface area contributed by atoms with Crippen molar-refractivity contribution in [3.05, 3.63) is 59.7 Å². The lowest BCUT2D eigenvalue weighted by molar-refractivity contribution is -0.113. The van der Waals surface area contributed by atoms with Crippen molar-refractivity contribution < 1.29 is 9.21 Å². The lowest BCUT2D eigenvalue weighted by Crippen LogP contribution is -2.14. The average Bonchev–Trinajstić information content (AvgIpc) is 3.09. The Morgan fingerprint density at radius 3 is 2.76 bits per heavy atom. The normalized spacial score (nSPS) is 10.2. The zero-order valence-electron chi connectivity index (χ0n) is 13.4. The SMILES string of the molecule is Cc1ccccc1-c1nnc(SCC(=O)Nc2ccccc2C#N)o1. The van der Waals surface area contributed by atoms with Gasteiger partial charge in [0.05, 0.1) is 17.0 Å². The number of para-hydroxylation sites is 1. The predicted molar refractivity (Wildman–Crippen MR) is 95.0 cm³/mol. The molecule has 0 unspecified atom stereocenters. The molecular weight excluding hydrogens is 336 g/mol. The molecule has 0 spiro atoms. The van der Waals surface area contributed by atoms with Crippen LogP contribution in [0.5, 0.6) is 0 Å². The first kappa shape index (κ1) is 16.7. The van der Waals surface area contributed by atoms with Gasteiger partial charge in [0.25, 0.3) is 5.22 Å². The Morgan fingerprint density at radius 1 is 1.20 bits per heavy atom. The number of benzene rings is 2. The van der Waals surface area contributed by atoms with Gasteiger partial charge in [-0.15, -0.1) is 10.2 Å². The van der Waals surface area contributed by atoms with E-state index in [4.69, 9.17) is 9.68 Å². The van der Waals surface area contributed by atoms with E-state index in [9.17, 15) is 4.79 Å². The maximum atomic E-state index is 12.1. The van der Waals surface area contributed by atoms with Gasteiger partial charge in [-0.25, -0.2) is 0 Å². The maximum absolute atomic E-state index is 12.1. The van der Waals surface area contributed by atoms with Gasteiger partial charge < -0.3 is 9.73 Å². The van der Waals surface area contributed by atoms with Crippen molar-refractivity contribution in [2.24, 2.45) is 0 Å². The number of thioether (sulfide) groups is 1. The summed E-state index contributed by atoms with van der Waals surface area (Å²) in [5.74, 6) is 0.286. The van der Waals surface area contributed by atoms with Crippen LogP contribution >= 0.6 is 11.8 Å². The molecule has 3 rings (SSSR count). The summed E-state index contributed by atoms with van der Waals surface area (Å²) >= 11 is 1.15. The minimum atomic E-state index is -0.247. The summed E-state index contributed by atoms with van der Waals surface area (Å²) in [5.41, 5.74) is 2.81. The van der Waals surface area contributed by atoms with E-state index in [2.05, 4.69) is 15.5 Å². The van der Waals surface area contributed by atoms with Crippen molar-refractivity contribution in [2.45, 2.75) is 12.1 Å². The molecule has 0 aliphatic carbocycles. The molecule has 0 atom stereocenters. The van der Waals surface area contributed by atoms with E-state index in [0.717, 1.165) is 22.9 Å². The Balaban J connectivity index is 1.62. The Labute approximate surface area is 148 Å². The molecule has 0 saturated heterocycles. The third-order valence-corrected chi connectivity index (χ3v) is 4.25. The van der Waals surface area contributed by atoms with Crippen LogP contribution in [0.25, 0.3) is 11.5 Å². The maximum Gasteiger partial charge on any atom is 0.277 e. The quantitative estimate of drug-likeness (QED) is 0.706. The summed E-state index contributed by atoms with van der Waals surface area (Å²) < 4.78 is 5.60. The number of hydrogen-bond acceptors (Lipinski definition) is 6. The van der Waals surface area contributed by atoms with Crippen LogP contribution in [0.15, 0.2) is 58.2 Å². The first-order valence-electron chi connectivity index (χ1n) is 7.48. The molecule has 7 heteroatoms. The number of nitrogens with one attached hydrogen (secondary N) is 1. The highest BCUT2D eigenvalue weighted by atomic mass is 32.2. The van der Waals surface area contributed by atoms with Gasteiger partial charge in [0.15, 0.2) is 0 Å². The predicted octanol–water partition coefficient (Wildman–Crippen LogP) is 3.65. The molecule has 0 fully saturated rings. The highest BCUT2D eigenvalue weighted by Crippen LogP contribution is 2.25. The van der Waals surface area contributed by atoms with Crippen molar-refractivity contribution >= 4 is 23.4 Å². The van der Waals surface area contributed by atoms with Gasteiger partial charge in [-0.3, -0.25) is 4.79 Å². The number of anilines is 1. The molecule has 1 aromatic heterocycles. The molecule has 0 radical (unpaired) electrons. The molecule has 124 valence electrons. The van der Waals surface area contributed by atoms with Gasteiger partial charge in [-0.1, -0.05) is 42.1 Å². The smallest absolute Gasteiger partial charge is 0.277 e. The molecule has 2 aromatic carbocycles. The molecule has 25 heavy (non-hydrogen) atoms. The highest BCUT2D eigenvalue weighted by molar-refractivity contribution is 7.99. The highest BCUT2D eigenvalue weighted by Gasteiger charge is 2.13. The second kappa shape index (κ2) is 7.64. The van der Waals surface area contributed by atoms with Crippen LogP contribution in [0.3, 0.4) is 0 Å². The van der Waals surface area contributed by atoms with E-state index in [0.29, 0.717) is 22.4 Å². The summed E-state index contributed by atoms with van der Waals surface area (Å²) in [6.07, 6.45) is 0. The largest absolute Gasteiger partial charge is 0.411 e. The average molecular weight is 350 g/mol. The van der Waals surface area contributed by atoms with Crippen molar-refractivity contribution in [3.63, 3.8) is 0 Å². The number of nitriles is 1. The van der Waals surface area contributed by atoms with E-state index in [1.54, 1.807) is 24.3 Å². The number of hydrogen-bond donors (Lipinski definition) is 1.